The van der Waals surface area contributed by atoms with Gasteiger partial charge in [-0.05, 0) is 12.3 Å². The summed E-state index contributed by atoms with van der Waals surface area (Å²) in [6, 6.07) is -0.759. The number of thioether (sulfide) groups is 1. The highest BCUT2D eigenvalue weighted by Crippen LogP contribution is 2.03. The van der Waals surface area contributed by atoms with Gasteiger partial charge >= 0.3 is 5.97 Å². The molecule has 0 heterocycles. The highest BCUT2D eigenvalue weighted by molar-refractivity contribution is 7.99. The Morgan fingerprint density at radius 1 is 1.47 bits per heavy atom. The van der Waals surface area contributed by atoms with Crippen LogP contribution in [0.1, 0.15) is 20.3 Å². The molecule has 0 spiro atoms. The summed E-state index contributed by atoms with van der Waals surface area (Å²) in [4.78, 5) is 10.4. The minimum absolute atomic E-state index is 0.447. The zero-order valence-corrected chi connectivity index (χ0v) is 10.3. The standard InChI is InChI=1S/C10H21NO3S/c1-8(2)3-4-14-5-6-15-7-9(11)10(12)13/h8-9H,3-7,11H2,1-2H3,(H,12,13)/t9-/m0/s1. The summed E-state index contributed by atoms with van der Waals surface area (Å²) in [6.07, 6.45) is 1.07. The molecule has 0 saturated carbocycles. The van der Waals surface area contributed by atoms with Crippen molar-refractivity contribution in [3.8, 4) is 0 Å². The van der Waals surface area contributed by atoms with Crippen LogP contribution in [-0.2, 0) is 9.53 Å². The number of carbonyl (C=O) groups is 1. The van der Waals surface area contributed by atoms with Gasteiger partial charge in [0.2, 0.25) is 0 Å². The molecule has 0 aliphatic rings. The first kappa shape index (κ1) is 14.7. The Morgan fingerprint density at radius 3 is 2.67 bits per heavy atom. The van der Waals surface area contributed by atoms with E-state index in [9.17, 15) is 4.79 Å². The lowest BCUT2D eigenvalue weighted by Gasteiger charge is -2.07. The second kappa shape index (κ2) is 9.00. The van der Waals surface area contributed by atoms with E-state index in [4.69, 9.17) is 15.6 Å². The third-order valence-electron chi connectivity index (χ3n) is 1.83. The van der Waals surface area contributed by atoms with E-state index >= 15 is 0 Å². The maximum Gasteiger partial charge on any atom is 0.321 e. The molecule has 0 aliphatic carbocycles. The topological polar surface area (TPSA) is 72.5 Å². The molecule has 0 aromatic heterocycles. The number of carboxylic acids is 1. The SMILES string of the molecule is CC(C)CCOCCSC[C@H](N)C(=O)O. The molecular weight excluding hydrogens is 214 g/mol. The molecule has 0 fully saturated rings. The van der Waals surface area contributed by atoms with Crippen LogP contribution < -0.4 is 5.73 Å². The lowest BCUT2D eigenvalue weighted by atomic mass is 10.1. The Labute approximate surface area is 95.6 Å². The molecule has 4 nitrogen and oxygen atoms in total. The number of ether oxygens (including phenoxy) is 1. The van der Waals surface area contributed by atoms with Crippen LogP contribution in [0.25, 0.3) is 0 Å². The maximum absolute atomic E-state index is 10.4. The molecule has 0 saturated heterocycles. The molecule has 0 radical (unpaired) electrons. The molecule has 5 heteroatoms. The third kappa shape index (κ3) is 10.0. The van der Waals surface area contributed by atoms with Gasteiger partial charge in [-0.1, -0.05) is 13.8 Å². The monoisotopic (exact) mass is 235 g/mol. The molecule has 0 aromatic rings. The fourth-order valence-corrected chi connectivity index (χ4v) is 1.62. The molecule has 0 aliphatic heterocycles. The van der Waals surface area contributed by atoms with Crippen LogP contribution in [0.4, 0.5) is 0 Å². The lowest BCUT2D eigenvalue weighted by Crippen LogP contribution is -2.32. The molecular formula is C10H21NO3S. The summed E-state index contributed by atoms with van der Waals surface area (Å²) in [6.45, 7) is 5.76. The second-order valence-electron chi connectivity index (χ2n) is 3.81. The Balaban J connectivity index is 3.15. The van der Waals surface area contributed by atoms with E-state index in [-0.39, 0.29) is 0 Å². The molecule has 0 aromatic carbocycles. The minimum atomic E-state index is -0.941. The number of aliphatic carboxylic acids is 1. The van der Waals surface area contributed by atoms with E-state index in [0.717, 1.165) is 18.8 Å². The van der Waals surface area contributed by atoms with E-state index in [2.05, 4.69) is 13.8 Å². The summed E-state index contributed by atoms with van der Waals surface area (Å²) >= 11 is 1.52. The Hall–Kier alpha value is -0.260. The van der Waals surface area contributed by atoms with Crippen molar-refractivity contribution in [1.82, 2.24) is 0 Å². The summed E-state index contributed by atoms with van der Waals surface area (Å²) in [5.41, 5.74) is 5.34. The zero-order chi connectivity index (χ0) is 11.7. The summed E-state index contributed by atoms with van der Waals surface area (Å²) < 4.78 is 5.38. The number of nitrogens with two attached hydrogens (primary N) is 1. The molecule has 0 unspecified atom stereocenters. The predicted molar refractivity (Wildman–Crippen MR) is 63.2 cm³/mol. The van der Waals surface area contributed by atoms with E-state index in [1.54, 1.807) is 0 Å². The highest BCUT2D eigenvalue weighted by atomic mass is 32.2. The first-order chi connectivity index (χ1) is 7.04. The average molecular weight is 235 g/mol. The summed E-state index contributed by atoms with van der Waals surface area (Å²) in [7, 11) is 0. The van der Waals surface area contributed by atoms with Gasteiger partial charge in [0.25, 0.3) is 0 Å². The van der Waals surface area contributed by atoms with Gasteiger partial charge in [-0.3, -0.25) is 4.79 Å². The summed E-state index contributed by atoms with van der Waals surface area (Å²) in [5.74, 6) is 0.975. The van der Waals surface area contributed by atoms with Gasteiger partial charge in [0, 0.05) is 18.1 Å². The van der Waals surface area contributed by atoms with E-state index in [0.29, 0.717) is 18.3 Å². The minimum Gasteiger partial charge on any atom is -0.480 e. The van der Waals surface area contributed by atoms with Gasteiger partial charge in [0.1, 0.15) is 6.04 Å². The van der Waals surface area contributed by atoms with Crippen LogP contribution in [-0.4, -0.2) is 41.8 Å². The van der Waals surface area contributed by atoms with E-state index in [1.807, 2.05) is 0 Å². The maximum atomic E-state index is 10.4. The van der Waals surface area contributed by atoms with Gasteiger partial charge in [0.05, 0.1) is 6.61 Å². The predicted octanol–water partition coefficient (Wildman–Crippen LogP) is 1.19. The fraction of sp³-hybridized carbons (Fsp3) is 0.900. The van der Waals surface area contributed by atoms with Gasteiger partial charge < -0.3 is 15.6 Å². The van der Waals surface area contributed by atoms with Gasteiger partial charge in [-0.15, -0.1) is 0 Å². The molecule has 0 rings (SSSR count). The number of carboxylic acid groups (broad SMARTS) is 1. The molecule has 3 N–H and O–H groups in total. The van der Waals surface area contributed by atoms with Crippen LogP contribution >= 0.6 is 11.8 Å². The van der Waals surface area contributed by atoms with E-state index < -0.39 is 12.0 Å². The second-order valence-corrected chi connectivity index (χ2v) is 4.96. The van der Waals surface area contributed by atoms with Crippen LogP contribution in [0.3, 0.4) is 0 Å². The Bertz CT molecular complexity index is 176. The van der Waals surface area contributed by atoms with Crippen molar-refractivity contribution >= 4 is 17.7 Å². The van der Waals surface area contributed by atoms with Crippen molar-refractivity contribution in [2.24, 2.45) is 11.7 Å². The first-order valence-corrected chi connectivity index (χ1v) is 6.33. The zero-order valence-electron chi connectivity index (χ0n) is 9.44. The van der Waals surface area contributed by atoms with Gasteiger partial charge in [-0.25, -0.2) is 0 Å². The number of rotatable bonds is 9. The molecule has 15 heavy (non-hydrogen) atoms. The molecule has 1 atom stereocenters. The Morgan fingerprint density at radius 2 is 2.13 bits per heavy atom. The van der Waals surface area contributed by atoms with Crippen LogP contribution in [0.5, 0.6) is 0 Å². The Kier molecular flexibility index (Phi) is 8.85. The van der Waals surface area contributed by atoms with Crippen molar-refractivity contribution in [3.63, 3.8) is 0 Å². The fourth-order valence-electron chi connectivity index (χ4n) is 0.821. The number of hydrogen-bond donors (Lipinski definition) is 2. The molecule has 0 amide bonds. The molecule has 90 valence electrons. The largest absolute Gasteiger partial charge is 0.480 e. The first-order valence-electron chi connectivity index (χ1n) is 5.18. The normalized spacial score (nSPS) is 13.1. The van der Waals surface area contributed by atoms with Crippen LogP contribution in [0.2, 0.25) is 0 Å². The van der Waals surface area contributed by atoms with Crippen molar-refractivity contribution in [2.45, 2.75) is 26.3 Å². The lowest BCUT2D eigenvalue weighted by molar-refractivity contribution is -0.137. The van der Waals surface area contributed by atoms with Crippen molar-refractivity contribution in [1.29, 1.82) is 0 Å². The molecule has 0 bridgehead atoms. The quantitative estimate of drug-likeness (QED) is 0.587. The van der Waals surface area contributed by atoms with Crippen LogP contribution in [0.15, 0.2) is 0 Å². The smallest absolute Gasteiger partial charge is 0.321 e. The van der Waals surface area contributed by atoms with Crippen molar-refractivity contribution < 1.29 is 14.6 Å². The van der Waals surface area contributed by atoms with Crippen LogP contribution in [0, 0.1) is 5.92 Å². The highest BCUT2D eigenvalue weighted by Gasteiger charge is 2.10. The number of hydrogen-bond acceptors (Lipinski definition) is 4. The van der Waals surface area contributed by atoms with E-state index in [1.165, 1.54) is 11.8 Å². The van der Waals surface area contributed by atoms with Gasteiger partial charge in [0.15, 0.2) is 0 Å². The van der Waals surface area contributed by atoms with Crippen molar-refractivity contribution in [3.05, 3.63) is 0 Å². The van der Waals surface area contributed by atoms with Crippen molar-refractivity contribution in [2.75, 3.05) is 24.7 Å². The van der Waals surface area contributed by atoms with Gasteiger partial charge in [-0.2, -0.15) is 11.8 Å². The average Bonchev–Trinajstić information content (AvgIpc) is 2.15. The summed E-state index contributed by atoms with van der Waals surface area (Å²) in [5, 5.41) is 8.51. The third-order valence-corrected chi connectivity index (χ3v) is 2.88.